The molecule has 1 aliphatic carbocycles. The van der Waals surface area contributed by atoms with E-state index in [0.717, 1.165) is 12.7 Å². The third-order valence-corrected chi connectivity index (χ3v) is 3.36. The van der Waals surface area contributed by atoms with E-state index in [-0.39, 0.29) is 5.92 Å². The first-order valence-electron chi connectivity index (χ1n) is 5.72. The van der Waals surface area contributed by atoms with Gasteiger partial charge in [0.1, 0.15) is 6.29 Å². The lowest BCUT2D eigenvalue weighted by atomic mass is 9.93. The molecule has 1 aromatic rings. The van der Waals surface area contributed by atoms with Crippen molar-refractivity contribution < 1.29 is 4.79 Å². The molecule has 15 heavy (non-hydrogen) atoms. The predicted octanol–water partition coefficient (Wildman–Crippen LogP) is 3.07. The lowest BCUT2D eigenvalue weighted by Crippen LogP contribution is -2.09. The molecule has 1 heteroatoms. The molecule has 2 rings (SSSR count). The SMILES string of the molecule is Cc1ccc(CC(C=O)C2CC2)c(C)c1. The summed E-state index contributed by atoms with van der Waals surface area (Å²) in [6.45, 7) is 4.24. The third-order valence-electron chi connectivity index (χ3n) is 3.36. The molecule has 0 amide bonds. The smallest absolute Gasteiger partial charge is 0.123 e. The minimum absolute atomic E-state index is 0.256. The van der Waals surface area contributed by atoms with E-state index in [0.29, 0.717) is 5.92 Å². The second kappa shape index (κ2) is 4.18. The average molecular weight is 202 g/mol. The fourth-order valence-corrected chi connectivity index (χ4v) is 2.18. The van der Waals surface area contributed by atoms with E-state index in [9.17, 15) is 4.79 Å². The number of aryl methyl sites for hydroxylation is 2. The molecule has 0 aromatic heterocycles. The van der Waals surface area contributed by atoms with E-state index in [1.54, 1.807) is 0 Å². The Morgan fingerprint density at radius 3 is 2.67 bits per heavy atom. The zero-order valence-electron chi connectivity index (χ0n) is 9.49. The number of aldehydes is 1. The van der Waals surface area contributed by atoms with Crippen molar-refractivity contribution in [3.05, 3.63) is 34.9 Å². The van der Waals surface area contributed by atoms with Crippen LogP contribution in [-0.2, 0) is 11.2 Å². The highest BCUT2D eigenvalue weighted by molar-refractivity contribution is 5.56. The molecule has 0 bridgehead atoms. The number of rotatable bonds is 4. The molecule has 0 saturated heterocycles. The maximum Gasteiger partial charge on any atom is 0.123 e. The lowest BCUT2D eigenvalue weighted by Gasteiger charge is -2.11. The molecule has 0 spiro atoms. The molecule has 80 valence electrons. The predicted molar refractivity (Wildman–Crippen MR) is 61.9 cm³/mol. The Morgan fingerprint density at radius 1 is 1.40 bits per heavy atom. The van der Waals surface area contributed by atoms with Crippen LogP contribution in [0.1, 0.15) is 29.5 Å². The van der Waals surface area contributed by atoms with Gasteiger partial charge in [-0.25, -0.2) is 0 Å². The van der Waals surface area contributed by atoms with Gasteiger partial charge in [-0.3, -0.25) is 0 Å². The van der Waals surface area contributed by atoms with Crippen molar-refractivity contribution in [2.24, 2.45) is 11.8 Å². The van der Waals surface area contributed by atoms with E-state index < -0.39 is 0 Å². The van der Waals surface area contributed by atoms with Gasteiger partial charge in [-0.2, -0.15) is 0 Å². The average Bonchev–Trinajstić information content (AvgIpc) is 3.00. The maximum atomic E-state index is 11.0. The second-order valence-electron chi connectivity index (χ2n) is 4.77. The van der Waals surface area contributed by atoms with Crippen molar-refractivity contribution in [1.82, 2.24) is 0 Å². The highest BCUT2D eigenvalue weighted by Gasteiger charge is 2.30. The maximum absolute atomic E-state index is 11.0. The van der Waals surface area contributed by atoms with Crippen molar-refractivity contribution in [1.29, 1.82) is 0 Å². The number of hydrogen-bond donors (Lipinski definition) is 0. The first kappa shape index (κ1) is 10.4. The number of carbonyl (C=O) groups is 1. The largest absolute Gasteiger partial charge is 0.303 e. The van der Waals surface area contributed by atoms with Gasteiger partial charge in [0.15, 0.2) is 0 Å². The van der Waals surface area contributed by atoms with Gasteiger partial charge in [0.25, 0.3) is 0 Å². The summed E-state index contributed by atoms with van der Waals surface area (Å²) in [6.07, 6.45) is 4.57. The molecule has 1 nitrogen and oxygen atoms in total. The quantitative estimate of drug-likeness (QED) is 0.686. The van der Waals surface area contributed by atoms with Crippen molar-refractivity contribution >= 4 is 6.29 Å². The van der Waals surface area contributed by atoms with Gasteiger partial charge < -0.3 is 4.79 Å². The molecule has 1 saturated carbocycles. The number of hydrogen-bond acceptors (Lipinski definition) is 1. The van der Waals surface area contributed by atoms with Crippen molar-refractivity contribution in [2.45, 2.75) is 33.1 Å². The summed E-state index contributed by atoms with van der Waals surface area (Å²) in [5.41, 5.74) is 3.96. The van der Waals surface area contributed by atoms with Crippen LogP contribution in [0.2, 0.25) is 0 Å². The van der Waals surface area contributed by atoms with Crippen LogP contribution in [-0.4, -0.2) is 6.29 Å². The lowest BCUT2D eigenvalue weighted by molar-refractivity contribution is -0.111. The molecular weight excluding hydrogens is 184 g/mol. The zero-order valence-corrected chi connectivity index (χ0v) is 9.49. The Kier molecular flexibility index (Phi) is 2.90. The summed E-state index contributed by atoms with van der Waals surface area (Å²) in [7, 11) is 0. The van der Waals surface area contributed by atoms with Crippen LogP contribution >= 0.6 is 0 Å². The molecule has 0 radical (unpaired) electrons. The molecule has 1 aliphatic rings. The Hall–Kier alpha value is -1.11. The van der Waals surface area contributed by atoms with E-state index in [1.807, 2.05) is 0 Å². The minimum atomic E-state index is 0.256. The van der Waals surface area contributed by atoms with Crippen LogP contribution < -0.4 is 0 Å². The van der Waals surface area contributed by atoms with E-state index in [2.05, 4.69) is 32.0 Å². The Balaban J connectivity index is 2.11. The monoisotopic (exact) mass is 202 g/mol. The van der Waals surface area contributed by atoms with Crippen molar-refractivity contribution in [2.75, 3.05) is 0 Å². The minimum Gasteiger partial charge on any atom is -0.303 e. The molecule has 0 heterocycles. The highest BCUT2D eigenvalue weighted by Crippen LogP contribution is 2.37. The Bertz CT molecular complexity index is 364. The first-order valence-corrected chi connectivity index (χ1v) is 5.72. The summed E-state index contributed by atoms with van der Waals surface area (Å²) in [4.78, 5) is 11.0. The summed E-state index contributed by atoms with van der Waals surface area (Å²) in [5, 5.41) is 0. The Labute approximate surface area is 91.5 Å². The second-order valence-corrected chi connectivity index (χ2v) is 4.77. The van der Waals surface area contributed by atoms with Crippen LogP contribution in [0, 0.1) is 25.7 Å². The van der Waals surface area contributed by atoms with Crippen LogP contribution in [0.3, 0.4) is 0 Å². The van der Waals surface area contributed by atoms with Crippen molar-refractivity contribution in [3.63, 3.8) is 0 Å². The molecule has 1 unspecified atom stereocenters. The van der Waals surface area contributed by atoms with E-state index in [4.69, 9.17) is 0 Å². The fourth-order valence-electron chi connectivity index (χ4n) is 2.18. The van der Waals surface area contributed by atoms with Crippen LogP contribution in [0.15, 0.2) is 18.2 Å². The van der Waals surface area contributed by atoms with Crippen molar-refractivity contribution in [3.8, 4) is 0 Å². The summed E-state index contributed by atoms with van der Waals surface area (Å²) in [6, 6.07) is 6.50. The van der Waals surface area contributed by atoms with Gasteiger partial charge in [0.2, 0.25) is 0 Å². The normalized spacial score (nSPS) is 17.5. The molecule has 1 fully saturated rings. The van der Waals surface area contributed by atoms with Gasteiger partial charge in [0, 0.05) is 5.92 Å². The zero-order chi connectivity index (χ0) is 10.8. The standard InChI is InChI=1S/C14H18O/c1-10-3-4-13(11(2)7-10)8-14(9-15)12-5-6-12/h3-4,7,9,12,14H,5-6,8H2,1-2H3. The first-order chi connectivity index (χ1) is 7.20. The number of carbonyl (C=O) groups excluding carboxylic acids is 1. The highest BCUT2D eigenvalue weighted by atomic mass is 16.1. The van der Waals surface area contributed by atoms with Gasteiger partial charge in [0.05, 0.1) is 0 Å². The fraction of sp³-hybridized carbons (Fsp3) is 0.500. The van der Waals surface area contributed by atoms with Crippen LogP contribution in [0.25, 0.3) is 0 Å². The van der Waals surface area contributed by atoms with Gasteiger partial charge in [-0.1, -0.05) is 23.8 Å². The molecule has 0 N–H and O–H groups in total. The third kappa shape index (κ3) is 2.47. The van der Waals surface area contributed by atoms with Crippen LogP contribution in [0.4, 0.5) is 0 Å². The van der Waals surface area contributed by atoms with Gasteiger partial charge in [-0.15, -0.1) is 0 Å². The van der Waals surface area contributed by atoms with E-state index >= 15 is 0 Å². The van der Waals surface area contributed by atoms with Gasteiger partial charge in [-0.05, 0) is 50.2 Å². The summed E-state index contributed by atoms with van der Waals surface area (Å²) in [5.74, 6) is 0.926. The topological polar surface area (TPSA) is 17.1 Å². The molecule has 1 atom stereocenters. The molecular formula is C14H18O. The summed E-state index contributed by atoms with van der Waals surface area (Å²) >= 11 is 0. The number of benzene rings is 1. The van der Waals surface area contributed by atoms with Gasteiger partial charge >= 0.3 is 0 Å². The molecule has 1 aromatic carbocycles. The molecule has 0 aliphatic heterocycles. The summed E-state index contributed by atoms with van der Waals surface area (Å²) < 4.78 is 0. The van der Waals surface area contributed by atoms with E-state index in [1.165, 1.54) is 29.5 Å². The Morgan fingerprint density at radius 2 is 2.13 bits per heavy atom. The van der Waals surface area contributed by atoms with Crippen LogP contribution in [0.5, 0.6) is 0 Å².